The van der Waals surface area contributed by atoms with Gasteiger partial charge in [0.05, 0.1) is 68.5 Å². The van der Waals surface area contributed by atoms with Crippen molar-refractivity contribution in [2.75, 3.05) is 36.2 Å². The summed E-state index contributed by atoms with van der Waals surface area (Å²) in [6, 6.07) is 8.11. The van der Waals surface area contributed by atoms with Crippen LogP contribution in [0.2, 0.25) is 0 Å². The number of nitrogens with zero attached hydrogens (tertiary/aromatic N) is 4. The van der Waals surface area contributed by atoms with Crippen LogP contribution in [0.5, 0.6) is 0 Å². The summed E-state index contributed by atoms with van der Waals surface area (Å²) in [7, 11) is -23.2. The molecule has 52 heavy (non-hydrogen) atoms. The van der Waals surface area contributed by atoms with Gasteiger partial charge in [0.1, 0.15) is 22.0 Å². The van der Waals surface area contributed by atoms with Crippen LogP contribution in [0.25, 0.3) is 0 Å². The normalized spacial score (nSPS) is 13.3. The summed E-state index contributed by atoms with van der Waals surface area (Å²) in [5.74, 6) is -1.73. The first-order chi connectivity index (χ1) is 23.9. The SMILES string of the molecule is Nc1c(/N=N/c2ccc(S(=O)(=O)CCOS(=O)(=O)O)cc2)cc(S(=O)(=O)O)c(N)c1/N=N/c1ccc(S(=O)(=O)CCOS(=O)(=O)O)cc1SOOO. The highest BCUT2D eigenvalue weighted by Gasteiger charge is 2.24. The van der Waals surface area contributed by atoms with E-state index in [0.717, 1.165) is 48.5 Å². The van der Waals surface area contributed by atoms with E-state index in [1.165, 1.54) is 0 Å². The lowest BCUT2D eigenvalue weighted by Crippen LogP contribution is -2.15. The number of nitrogens with two attached hydrogens (primary N) is 2. The van der Waals surface area contributed by atoms with Crippen molar-refractivity contribution in [2.24, 2.45) is 20.5 Å². The summed E-state index contributed by atoms with van der Waals surface area (Å²) in [4.78, 5) is -1.92. The predicted molar refractivity (Wildman–Crippen MR) is 176 cm³/mol. The second kappa shape index (κ2) is 16.9. The van der Waals surface area contributed by atoms with Gasteiger partial charge in [-0.25, -0.2) is 30.5 Å². The van der Waals surface area contributed by atoms with Gasteiger partial charge in [0.15, 0.2) is 19.7 Å². The Morgan fingerprint density at radius 3 is 1.67 bits per heavy atom. The molecule has 0 fully saturated rings. The molecular weight excluding hydrogens is 829 g/mol. The number of benzene rings is 3. The molecule has 0 amide bonds. The first kappa shape index (κ1) is 42.7. The minimum Gasteiger partial charge on any atom is -0.396 e. The van der Waals surface area contributed by atoms with Crippen molar-refractivity contribution in [2.45, 2.75) is 19.6 Å². The Morgan fingerprint density at radius 1 is 0.635 bits per heavy atom. The fourth-order valence-corrected chi connectivity index (χ4v) is 7.81. The summed E-state index contributed by atoms with van der Waals surface area (Å²) >= 11 is 0.205. The lowest BCUT2D eigenvalue weighted by atomic mass is 10.2. The van der Waals surface area contributed by atoms with Crippen LogP contribution < -0.4 is 11.5 Å². The Morgan fingerprint density at radius 2 is 1.15 bits per heavy atom. The Hall–Kier alpha value is -3.76. The zero-order valence-corrected chi connectivity index (χ0v) is 30.2. The number of rotatable bonds is 18. The van der Waals surface area contributed by atoms with Crippen LogP contribution in [-0.2, 0) is 68.3 Å². The van der Waals surface area contributed by atoms with Gasteiger partial charge in [-0.1, -0.05) is 5.04 Å². The molecule has 0 bridgehead atoms. The lowest BCUT2D eigenvalue weighted by molar-refractivity contribution is -0.432. The quantitative estimate of drug-likeness (QED) is 0.0267. The van der Waals surface area contributed by atoms with Gasteiger partial charge in [0.25, 0.3) is 10.1 Å². The highest BCUT2D eigenvalue weighted by atomic mass is 32.3. The molecule has 30 heteroatoms. The minimum atomic E-state index is -5.07. The molecule has 0 saturated heterocycles. The van der Waals surface area contributed by atoms with Crippen molar-refractivity contribution in [3.8, 4) is 0 Å². The predicted octanol–water partition coefficient (Wildman–Crippen LogP) is 2.54. The fraction of sp³-hybridized carbons (Fsp3) is 0.182. The van der Waals surface area contributed by atoms with Crippen molar-refractivity contribution in [1.29, 1.82) is 0 Å². The third-order valence-electron chi connectivity index (χ3n) is 5.94. The average Bonchev–Trinajstić information content (AvgIpc) is 3.01. The topological polar surface area (TPSA) is 390 Å². The largest absolute Gasteiger partial charge is 0.397 e. The van der Waals surface area contributed by atoms with Gasteiger partial charge in [-0.05, 0) is 48.5 Å². The van der Waals surface area contributed by atoms with E-state index >= 15 is 0 Å². The van der Waals surface area contributed by atoms with E-state index in [1.807, 2.05) is 0 Å². The van der Waals surface area contributed by atoms with Gasteiger partial charge >= 0.3 is 20.8 Å². The van der Waals surface area contributed by atoms with Crippen molar-refractivity contribution in [3.63, 3.8) is 0 Å². The van der Waals surface area contributed by atoms with Crippen molar-refractivity contribution in [1.82, 2.24) is 0 Å². The molecule has 0 aromatic heterocycles. The molecule has 0 aliphatic rings. The highest BCUT2D eigenvalue weighted by Crippen LogP contribution is 2.44. The monoisotopic (exact) mass is 852 g/mol. The van der Waals surface area contributed by atoms with E-state index in [2.05, 4.69) is 38.2 Å². The van der Waals surface area contributed by atoms with Gasteiger partial charge in [-0.2, -0.15) is 30.4 Å². The van der Waals surface area contributed by atoms with E-state index in [-0.39, 0.29) is 33.2 Å². The molecule has 0 aliphatic heterocycles. The van der Waals surface area contributed by atoms with Gasteiger partial charge in [0, 0.05) is 0 Å². The number of azo groups is 2. The zero-order valence-electron chi connectivity index (χ0n) is 25.3. The van der Waals surface area contributed by atoms with Crippen LogP contribution >= 0.6 is 12.0 Å². The molecule has 8 N–H and O–H groups in total. The molecule has 3 rings (SSSR count). The number of sulfone groups is 2. The molecular formula is C22H24N6O18S6. The number of anilines is 2. The van der Waals surface area contributed by atoms with E-state index < -0.39 is 108 Å². The highest BCUT2D eigenvalue weighted by molar-refractivity contribution is 7.95. The zero-order chi connectivity index (χ0) is 39.1. The summed E-state index contributed by atoms with van der Waals surface area (Å²) in [6.07, 6.45) is 0. The third-order valence-corrected chi connectivity index (χ3v) is 11.8. The molecule has 286 valence electrons. The second-order valence-electron chi connectivity index (χ2n) is 9.43. The Kier molecular flexibility index (Phi) is 13.9. The molecule has 0 radical (unpaired) electrons. The van der Waals surface area contributed by atoms with Gasteiger partial charge in [-0.3, -0.25) is 13.7 Å². The molecule has 3 aromatic carbocycles. The molecule has 0 atom stereocenters. The fourth-order valence-electron chi connectivity index (χ4n) is 3.63. The van der Waals surface area contributed by atoms with Crippen LogP contribution in [0.15, 0.2) is 88.6 Å². The Labute approximate surface area is 299 Å². The number of hydrogen-bond acceptors (Lipinski definition) is 22. The number of hydrogen-bond donors (Lipinski definition) is 6. The Balaban J connectivity index is 1.99. The summed E-state index contributed by atoms with van der Waals surface area (Å²) in [5, 5.41) is 27.4. The van der Waals surface area contributed by atoms with Crippen LogP contribution in [0, 0.1) is 0 Å². The molecule has 0 aliphatic carbocycles. The maximum atomic E-state index is 12.7. The van der Waals surface area contributed by atoms with Crippen LogP contribution in [0.3, 0.4) is 0 Å². The lowest BCUT2D eigenvalue weighted by Gasteiger charge is -2.11. The first-order valence-electron chi connectivity index (χ1n) is 13.0. The van der Waals surface area contributed by atoms with Crippen LogP contribution in [0.1, 0.15) is 0 Å². The third kappa shape index (κ3) is 12.4. The van der Waals surface area contributed by atoms with Crippen molar-refractivity contribution >= 4 is 96.8 Å². The standard InChI is InChI=1S/C22H24N6O18S6/c23-20-17(27-25-13-1-3-14(4-2-13)48(30,31)9-7-43-51(37,38)39)12-19(50(34,35)36)21(24)22(20)28-26-16-6-5-15(11-18(16)47-46-45-29)49(32,33)10-8-44-52(40,41)42/h1-6,11-12,29H,7-10,23-24H2,(H,34,35,36)(H,37,38,39)(H,40,41,42)/b27-25+,28-26+. The molecule has 3 aromatic rings. The molecule has 0 unspecified atom stereocenters. The summed E-state index contributed by atoms with van der Waals surface area (Å²) < 4.78 is 157. The first-order valence-corrected chi connectivity index (χ1v) is 21.3. The Bertz CT molecular complexity index is 2420. The smallest absolute Gasteiger partial charge is 0.396 e. The molecule has 0 heterocycles. The van der Waals surface area contributed by atoms with E-state index in [0.29, 0.717) is 0 Å². The van der Waals surface area contributed by atoms with Crippen LogP contribution in [-0.4, -0.2) is 85.7 Å². The minimum absolute atomic E-state index is 0.0201. The summed E-state index contributed by atoms with van der Waals surface area (Å²) in [6.45, 7) is -1.82. The van der Waals surface area contributed by atoms with Crippen molar-refractivity contribution in [3.05, 3.63) is 48.5 Å². The molecule has 0 saturated carbocycles. The van der Waals surface area contributed by atoms with E-state index in [4.69, 9.17) is 25.8 Å². The van der Waals surface area contributed by atoms with Crippen LogP contribution in [0.4, 0.5) is 34.1 Å². The van der Waals surface area contributed by atoms with E-state index in [9.17, 15) is 46.6 Å². The number of nitrogen functional groups attached to an aromatic ring is 2. The van der Waals surface area contributed by atoms with Gasteiger partial charge < -0.3 is 11.5 Å². The maximum absolute atomic E-state index is 12.7. The average molecular weight is 853 g/mol. The second-order valence-corrected chi connectivity index (χ2v) is 18.0. The van der Waals surface area contributed by atoms with Gasteiger partial charge in [-0.15, -0.1) is 19.7 Å². The molecule has 24 nitrogen and oxygen atoms in total. The maximum Gasteiger partial charge on any atom is 0.397 e. The van der Waals surface area contributed by atoms with Crippen molar-refractivity contribution < 1.29 is 78.7 Å². The van der Waals surface area contributed by atoms with E-state index in [1.54, 1.807) is 0 Å². The molecule has 0 spiro atoms. The summed E-state index contributed by atoms with van der Waals surface area (Å²) in [5.41, 5.74) is 9.53. The van der Waals surface area contributed by atoms with Gasteiger partial charge in [0.2, 0.25) is 0 Å².